The van der Waals surface area contributed by atoms with Gasteiger partial charge in [0.15, 0.2) is 0 Å². The average molecular weight is 512 g/mol. The van der Waals surface area contributed by atoms with E-state index in [9.17, 15) is 13.2 Å². The summed E-state index contributed by atoms with van der Waals surface area (Å²) in [5.74, 6) is -0.201. The summed E-state index contributed by atoms with van der Waals surface area (Å²) in [6, 6.07) is 6.47. The first-order valence-corrected chi connectivity index (χ1v) is 13.6. The number of benzene rings is 1. The quantitative estimate of drug-likeness (QED) is 0.526. The molecule has 1 N–H and O–H groups in total. The lowest BCUT2D eigenvalue weighted by Crippen LogP contribution is -2.46. The lowest BCUT2D eigenvalue weighted by atomic mass is 10.2. The van der Waals surface area contributed by atoms with Crippen LogP contribution in [-0.2, 0) is 26.9 Å². The number of carbonyl (C=O) groups is 1. The highest BCUT2D eigenvalue weighted by Gasteiger charge is 2.27. The molecule has 2 aromatic rings. The number of morpholine rings is 1. The van der Waals surface area contributed by atoms with Crippen LogP contribution in [0.1, 0.15) is 38.1 Å². The van der Waals surface area contributed by atoms with Crippen molar-refractivity contribution in [1.29, 1.82) is 0 Å². The minimum atomic E-state index is -3.73. The van der Waals surface area contributed by atoms with Crippen LogP contribution in [-0.4, -0.2) is 79.7 Å². The molecule has 1 aromatic carbocycles. The second-order valence-corrected chi connectivity index (χ2v) is 10.9. The van der Waals surface area contributed by atoms with Gasteiger partial charge in [-0.2, -0.15) is 0 Å². The van der Waals surface area contributed by atoms with E-state index in [2.05, 4.69) is 15.2 Å². The highest BCUT2D eigenvalue weighted by molar-refractivity contribution is 7.90. The lowest BCUT2D eigenvalue weighted by Gasteiger charge is -2.30. The summed E-state index contributed by atoms with van der Waals surface area (Å²) in [4.78, 5) is 21.1. The predicted octanol–water partition coefficient (Wildman–Crippen LogP) is 2.96. The third-order valence-electron chi connectivity index (χ3n) is 5.64. The van der Waals surface area contributed by atoms with Crippen molar-refractivity contribution in [1.82, 2.24) is 24.7 Å². The molecular weight excluding hydrogens is 478 g/mol. The third kappa shape index (κ3) is 6.94. The van der Waals surface area contributed by atoms with Crippen LogP contribution >= 0.6 is 11.6 Å². The van der Waals surface area contributed by atoms with E-state index in [0.717, 1.165) is 19.6 Å². The van der Waals surface area contributed by atoms with E-state index in [1.165, 1.54) is 0 Å². The largest absolute Gasteiger partial charge is 0.379 e. The Morgan fingerprint density at radius 2 is 2.03 bits per heavy atom. The number of amides is 2. The zero-order chi connectivity index (χ0) is 24.7. The van der Waals surface area contributed by atoms with Gasteiger partial charge in [0.05, 0.1) is 37.4 Å². The number of nitrogens with one attached hydrogen (secondary N) is 1. The number of ether oxygens (including phenoxy) is 1. The number of urea groups is 1. The summed E-state index contributed by atoms with van der Waals surface area (Å²) in [6.45, 7) is 10.7. The zero-order valence-electron chi connectivity index (χ0n) is 20.0. The van der Waals surface area contributed by atoms with Crippen molar-refractivity contribution >= 4 is 27.5 Å². The monoisotopic (exact) mass is 511 g/mol. The first-order valence-electron chi connectivity index (χ1n) is 11.6. The van der Waals surface area contributed by atoms with Crippen molar-refractivity contribution in [2.24, 2.45) is 0 Å². The molecule has 1 fully saturated rings. The molecule has 0 radical (unpaired) electrons. The van der Waals surface area contributed by atoms with Crippen LogP contribution in [0.3, 0.4) is 0 Å². The molecule has 1 aromatic heterocycles. The van der Waals surface area contributed by atoms with Gasteiger partial charge in [0.2, 0.25) is 15.0 Å². The van der Waals surface area contributed by atoms with Gasteiger partial charge in [-0.05, 0) is 38.5 Å². The zero-order valence-corrected chi connectivity index (χ0v) is 21.6. The van der Waals surface area contributed by atoms with Gasteiger partial charge in [-0.25, -0.2) is 18.2 Å². The molecular formula is C23H34ClN5O4S. The van der Waals surface area contributed by atoms with E-state index in [-0.39, 0.29) is 29.5 Å². The standard InChI is InChI=1S/C23H34ClN5O4S/c1-4-25-22(30)28(9-8-27-10-12-33-13-11-27)16-21-15-26-23(29(21)18(2)3)34(31,32)17-19-6-5-7-20(24)14-19/h5-7,14-15,18H,4,8-13,16-17H2,1-3H3,(H,25,30). The van der Waals surface area contributed by atoms with E-state index in [1.54, 1.807) is 39.9 Å². The van der Waals surface area contributed by atoms with Gasteiger partial charge < -0.3 is 19.5 Å². The molecule has 0 atom stereocenters. The minimum Gasteiger partial charge on any atom is -0.379 e. The Hall–Kier alpha value is -2.14. The number of sulfone groups is 1. The summed E-state index contributed by atoms with van der Waals surface area (Å²) in [5, 5.41) is 3.35. The molecule has 0 spiro atoms. The maximum Gasteiger partial charge on any atom is 0.317 e. The number of carbonyl (C=O) groups excluding carboxylic acids is 1. The Kier molecular flexibility index (Phi) is 9.35. The Morgan fingerprint density at radius 1 is 1.29 bits per heavy atom. The van der Waals surface area contributed by atoms with E-state index >= 15 is 0 Å². The minimum absolute atomic E-state index is 0.00139. The topological polar surface area (TPSA) is 96.8 Å². The van der Waals surface area contributed by atoms with Crippen molar-refractivity contribution in [3.63, 3.8) is 0 Å². The number of hydrogen-bond donors (Lipinski definition) is 1. The first-order chi connectivity index (χ1) is 16.2. The highest BCUT2D eigenvalue weighted by Crippen LogP contribution is 2.23. The van der Waals surface area contributed by atoms with E-state index in [4.69, 9.17) is 16.3 Å². The molecule has 188 valence electrons. The second-order valence-electron chi connectivity index (χ2n) is 8.60. The van der Waals surface area contributed by atoms with Crippen molar-refractivity contribution in [3.05, 3.63) is 46.7 Å². The predicted molar refractivity (Wildman–Crippen MR) is 132 cm³/mol. The molecule has 34 heavy (non-hydrogen) atoms. The van der Waals surface area contributed by atoms with E-state index in [1.807, 2.05) is 20.8 Å². The smallest absolute Gasteiger partial charge is 0.317 e. The molecule has 2 amide bonds. The van der Waals surface area contributed by atoms with Crippen molar-refractivity contribution < 1.29 is 17.9 Å². The Morgan fingerprint density at radius 3 is 2.68 bits per heavy atom. The summed E-state index contributed by atoms with van der Waals surface area (Å²) in [5.41, 5.74) is 1.27. The van der Waals surface area contributed by atoms with Gasteiger partial charge in [-0.1, -0.05) is 23.7 Å². The first kappa shape index (κ1) is 26.5. The van der Waals surface area contributed by atoms with Crippen molar-refractivity contribution in [2.75, 3.05) is 45.9 Å². The van der Waals surface area contributed by atoms with Crippen LogP contribution in [0.4, 0.5) is 4.79 Å². The summed E-state index contributed by atoms with van der Waals surface area (Å²) >= 11 is 6.03. The van der Waals surface area contributed by atoms with Gasteiger partial charge in [0.1, 0.15) is 0 Å². The Balaban J connectivity index is 1.83. The van der Waals surface area contributed by atoms with Crippen LogP contribution in [0.2, 0.25) is 5.02 Å². The highest BCUT2D eigenvalue weighted by atomic mass is 35.5. The molecule has 1 aliphatic heterocycles. The fourth-order valence-corrected chi connectivity index (χ4v) is 5.79. The number of rotatable bonds is 10. The van der Waals surface area contributed by atoms with Crippen LogP contribution in [0.15, 0.2) is 35.6 Å². The van der Waals surface area contributed by atoms with Gasteiger partial charge >= 0.3 is 6.03 Å². The molecule has 0 bridgehead atoms. The van der Waals surface area contributed by atoms with Gasteiger partial charge in [0.25, 0.3) is 0 Å². The van der Waals surface area contributed by atoms with Crippen LogP contribution in [0.25, 0.3) is 0 Å². The van der Waals surface area contributed by atoms with Crippen molar-refractivity contribution in [3.8, 4) is 0 Å². The van der Waals surface area contributed by atoms with Gasteiger partial charge in [-0.3, -0.25) is 4.90 Å². The van der Waals surface area contributed by atoms with Crippen LogP contribution in [0, 0.1) is 0 Å². The number of imidazole rings is 1. The molecule has 1 saturated heterocycles. The lowest BCUT2D eigenvalue weighted by molar-refractivity contribution is 0.0346. The van der Waals surface area contributed by atoms with E-state index < -0.39 is 9.84 Å². The van der Waals surface area contributed by atoms with Gasteiger partial charge in [0, 0.05) is 43.8 Å². The Bertz CT molecular complexity index is 1070. The Labute approximate surface area is 207 Å². The van der Waals surface area contributed by atoms with Crippen molar-refractivity contribution in [2.45, 2.75) is 44.3 Å². The van der Waals surface area contributed by atoms with Gasteiger partial charge in [-0.15, -0.1) is 0 Å². The fraction of sp³-hybridized carbons (Fsp3) is 0.565. The third-order valence-corrected chi connectivity index (χ3v) is 7.44. The molecule has 0 aliphatic carbocycles. The summed E-state index contributed by atoms with van der Waals surface area (Å²) in [6.07, 6.45) is 1.56. The second kappa shape index (κ2) is 12.0. The summed E-state index contributed by atoms with van der Waals surface area (Å²) in [7, 11) is -3.73. The van der Waals surface area contributed by atoms with Crippen LogP contribution < -0.4 is 5.32 Å². The number of nitrogens with zero attached hydrogens (tertiary/aromatic N) is 4. The number of hydrogen-bond acceptors (Lipinski definition) is 6. The molecule has 0 saturated carbocycles. The normalized spacial score (nSPS) is 15.0. The maximum absolute atomic E-state index is 13.3. The average Bonchev–Trinajstić information content (AvgIpc) is 3.22. The molecule has 11 heteroatoms. The fourth-order valence-electron chi connectivity index (χ4n) is 3.99. The molecule has 2 heterocycles. The molecule has 1 aliphatic rings. The molecule has 3 rings (SSSR count). The molecule has 9 nitrogen and oxygen atoms in total. The number of aromatic nitrogens is 2. The maximum atomic E-state index is 13.3. The summed E-state index contributed by atoms with van der Waals surface area (Å²) < 4.78 is 33.6. The van der Waals surface area contributed by atoms with E-state index in [0.29, 0.717) is 42.6 Å². The SMILES string of the molecule is CCNC(=O)N(CCN1CCOCC1)Cc1cnc(S(=O)(=O)Cc2cccc(Cl)c2)n1C(C)C. The van der Waals surface area contributed by atoms with Crippen LogP contribution in [0.5, 0.6) is 0 Å². The number of halogens is 1. The molecule has 0 unspecified atom stereocenters.